The number of carbonyl (C=O) groups excluding carboxylic acids is 2. The number of Topliss-reactive ketones (excluding diaryl/α,β-unsaturated/α-hetero) is 1. The molecule has 0 radical (unpaired) electrons. The van der Waals surface area contributed by atoms with Gasteiger partial charge in [-0.1, -0.05) is 12.1 Å². The van der Waals surface area contributed by atoms with Gasteiger partial charge in [0.25, 0.3) is 11.7 Å². The van der Waals surface area contributed by atoms with Crippen LogP contribution in [-0.2, 0) is 9.59 Å². The smallest absolute Gasteiger partial charge is 0.300 e. The number of carbonyl (C=O) groups is 2. The van der Waals surface area contributed by atoms with Crippen molar-refractivity contribution in [2.75, 3.05) is 12.0 Å². The molecule has 1 saturated heterocycles. The molecule has 1 fully saturated rings. The molecule has 0 bridgehead atoms. The van der Waals surface area contributed by atoms with Gasteiger partial charge < -0.3 is 14.3 Å². The summed E-state index contributed by atoms with van der Waals surface area (Å²) in [5.74, 6) is -0.292. The molecule has 2 aromatic carbocycles. The molecule has 4 rings (SSSR count). The van der Waals surface area contributed by atoms with Crippen LogP contribution in [-0.4, -0.2) is 23.9 Å². The highest BCUT2D eigenvalue weighted by Gasteiger charge is 2.48. The van der Waals surface area contributed by atoms with Gasteiger partial charge in [0.05, 0.1) is 18.2 Å². The first-order valence-corrected chi connectivity index (χ1v) is 10.7. The van der Waals surface area contributed by atoms with Crippen LogP contribution >= 0.6 is 0 Å². The van der Waals surface area contributed by atoms with E-state index in [4.69, 9.17) is 9.15 Å². The van der Waals surface area contributed by atoms with Gasteiger partial charge in [-0.05, 0) is 87.2 Å². The molecule has 6 heteroatoms. The van der Waals surface area contributed by atoms with Crippen molar-refractivity contribution in [2.24, 2.45) is 0 Å². The van der Waals surface area contributed by atoms with Gasteiger partial charge in [0.15, 0.2) is 0 Å². The second kappa shape index (κ2) is 8.28. The summed E-state index contributed by atoms with van der Waals surface area (Å²) in [6, 6.07) is 11.9. The summed E-state index contributed by atoms with van der Waals surface area (Å²) in [5, 5.41) is 11.4. The van der Waals surface area contributed by atoms with Crippen LogP contribution in [0.1, 0.15) is 45.4 Å². The maximum atomic E-state index is 13.3. The van der Waals surface area contributed by atoms with E-state index in [1.165, 1.54) is 12.0 Å². The summed E-state index contributed by atoms with van der Waals surface area (Å²) in [6.45, 7) is 9.41. The zero-order chi connectivity index (χ0) is 24.0. The third kappa shape index (κ3) is 3.82. The van der Waals surface area contributed by atoms with E-state index in [-0.39, 0.29) is 11.3 Å². The predicted molar refractivity (Wildman–Crippen MR) is 127 cm³/mol. The van der Waals surface area contributed by atoms with E-state index in [9.17, 15) is 14.7 Å². The van der Waals surface area contributed by atoms with Gasteiger partial charge in [-0.25, -0.2) is 0 Å². The quantitative estimate of drug-likeness (QED) is 0.328. The van der Waals surface area contributed by atoms with Gasteiger partial charge in [0, 0.05) is 5.69 Å². The Morgan fingerprint density at radius 3 is 2.15 bits per heavy atom. The minimum atomic E-state index is -0.912. The summed E-state index contributed by atoms with van der Waals surface area (Å²) in [5.41, 5.74) is 4.52. The Kier molecular flexibility index (Phi) is 5.62. The van der Waals surface area contributed by atoms with Gasteiger partial charge in [0.1, 0.15) is 29.1 Å². The number of nitrogens with zero attached hydrogens (tertiary/aromatic N) is 1. The van der Waals surface area contributed by atoms with Gasteiger partial charge in [-0.2, -0.15) is 0 Å². The van der Waals surface area contributed by atoms with Crippen molar-refractivity contribution in [3.63, 3.8) is 0 Å². The van der Waals surface area contributed by atoms with Crippen LogP contribution in [0.2, 0.25) is 0 Å². The Bertz CT molecular complexity index is 1290. The van der Waals surface area contributed by atoms with Crippen LogP contribution in [0.15, 0.2) is 52.5 Å². The molecule has 1 amide bonds. The van der Waals surface area contributed by atoms with E-state index >= 15 is 0 Å². The number of benzene rings is 2. The fraction of sp³-hybridized carbons (Fsp3) is 0.259. The number of ketones is 1. The minimum absolute atomic E-state index is 0.0307. The number of hydrogen-bond acceptors (Lipinski definition) is 5. The number of rotatable bonds is 4. The monoisotopic (exact) mass is 445 g/mol. The minimum Gasteiger partial charge on any atom is -0.507 e. The highest BCUT2D eigenvalue weighted by atomic mass is 16.5. The van der Waals surface area contributed by atoms with E-state index in [1.54, 1.807) is 25.1 Å². The Morgan fingerprint density at radius 2 is 1.58 bits per heavy atom. The molecule has 2 heterocycles. The molecule has 1 aliphatic heterocycles. The van der Waals surface area contributed by atoms with Gasteiger partial charge in [0.2, 0.25) is 0 Å². The number of furan rings is 1. The SMILES string of the molecule is COc1c(C)cc(C)cc1/C(O)=C1\C(=O)C(=O)N(c2cc(C)cc(C)c2)C1c1ccc(C)o1. The van der Waals surface area contributed by atoms with E-state index in [2.05, 4.69) is 0 Å². The number of hydrogen-bond donors (Lipinski definition) is 1. The maximum absolute atomic E-state index is 13.3. The number of aliphatic hydroxyl groups is 1. The second-order valence-electron chi connectivity index (χ2n) is 8.63. The third-order valence-corrected chi connectivity index (χ3v) is 5.84. The van der Waals surface area contributed by atoms with Crippen molar-refractivity contribution in [3.05, 3.63) is 87.4 Å². The van der Waals surface area contributed by atoms with Crippen molar-refractivity contribution in [2.45, 2.75) is 40.7 Å². The third-order valence-electron chi connectivity index (χ3n) is 5.84. The maximum Gasteiger partial charge on any atom is 0.300 e. The lowest BCUT2D eigenvalue weighted by molar-refractivity contribution is -0.132. The summed E-state index contributed by atoms with van der Waals surface area (Å²) in [4.78, 5) is 28.1. The van der Waals surface area contributed by atoms with E-state index in [0.717, 1.165) is 22.3 Å². The van der Waals surface area contributed by atoms with Crippen molar-refractivity contribution in [1.29, 1.82) is 0 Å². The zero-order valence-electron chi connectivity index (χ0n) is 19.6. The van der Waals surface area contributed by atoms with Crippen molar-refractivity contribution < 1.29 is 23.8 Å². The van der Waals surface area contributed by atoms with Crippen LogP contribution in [0.3, 0.4) is 0 Å². The molecule has 33 heavy (non-hydrogen) atoms. The predicted octanol–water partition coefficient (Wildman–Crippen LogP) is 5.46. The Balaban J connectivity index is 2.01. The van der Waals surface area contributed by atoms with Crippen LogP contribution < -0.4 is 9.64 Å². The summed E-state index contributed by atoms with van der Waals surface area (Å²) < 4.78 is 11.4. The largest absolute Gasteiger partial charge is 0.507 e. The Labute approximate surface area is 193 Å². The average Bonchev–Trinajstić information content (AvgIpc) is 3.27. The van der Waals surface area contributed by atoms with Gasteiger partial charge in [-0.3, -0.25) is 14.5 Å². The molecule has 1 aromatic heterocycles. The molecular weight excluding hydrogens is 418 g/mol. The number of amides is 1. The van der Waals surface area contributed by atoms with E-state index in [0.29, 0.717) is 28.5 Å². The molecular formula is C27H27NO5. The number of methoxy groups -OCH3 is 1. The van der Waals surface area contributed by atoms with Crippen molar-refractivity contribution in [3.8, 4) is 5.75 Å². The van der Waals surface area contributed by atoms with Crippen LogP contribution in [0.4, 0.5) is 5.69 Å². The molecule has 6 nitrogen and oxygen atoms in total. The van der Waals surface area contributed by atoms with Crippen LogP contribution in [0.25, 0.3) is 5.76 Å². The number of anilines is 1. The summed E-state index contributed by atoms with van der Waals surface area (Å²) >= 11 is 0. The average molecular weight is 446 g/mol. The second-order valence-corrected chi connectivity index (χ2v) is 8.63. The highest BCUT2D eigenvalue weighted by molar-refractivity contribution is 6.51. The number of aryl methyl sites for hydroxylation is 5. The molecule has 3 aromatic rings. The molecule has 1 N–H and O–H groups in total. The zero-order valence-corrected chi connectivity index (χ0v) is 19.6. The first kappa shape index (κ1) is 22.4. The van der Waals surface area contributed by atoms with Crippen LogP contribution in [0, 0.1) is 34.6 Å². The molecule has 1 atom stereocenters. The molecule has 1 aliphatic rings. The lowest BCUT2D eigenvalue weighted by Crippen LogP contribution is -2.29. The first-order chi connectivity index (χ1) is 15.6. The fourth-order valence-electron chi connectivity index (χ4n) is 4.60. The molecule has 170 valence electrons. The van der Waals surface area contributed by atoms with E-state index in [1.807, 2.05) is 52.0 Å². The molecule has 0 aliphatic carbocycles. The Hall–Kier alpha value is -3.80. The Morgan fingerprint density at radius 1 is 0.939 bits per heavy atom. The lowest BCUT2D eigenvalue weighted by atomic mass is 9.96. The summed E-state index contributed by atoms with van der Waals surface area (Å²) in [7, 11) is 1.51. The normalized spacial score (nSPS) is 17.6. The first-order valence-electron chi connectivity index (χ1n) is 10.7. The lowest BCUT2D eigenvalue weighted by Gasteiger charge is -2.24. The highest BCUT2D eigenvalue weighted by Crippen LogP contribution is 2.44. The molecule has 1 unspecified atom stereocenters. The van der Waals surface area contributed by atoms with Gasteiger partial charge >= 0.3 is 0 Å². The number of aliphatic hydroxyl groups excluding tert-OH is 1. The number of ether oxygens (including phenoxy) is 1. The van der Waals surface area contributed by atoms with Crippen molar-refractivity contribution >= 4 is 23.1 Å². The molecule has 0 spiro atoms. The molecule has 0 saturated carbocycles. The van der Waals surface area contributed by atoms with Crippen molar-refractivity contribution in [1.82, 2.24) is 0 Å². The topological polar surface area (TPSA) is 80.0 Å². The van der Waals surface area contributed by atoms with Gasteiger partial charge in [-0.15, -0.1) is 0 Å². The summed E-state index contributed by atoms with van der Waals surface area (Å²) in [6.07, 6.45) is 0. The van der Waals surface area contributed by atoms with Crippen LogP contribution in [0.5, 0.6) is 5.75 Å². The standard InChI is InChI=1S/C27H27NO5/c1-14-9-15(2)12-19(11-14)28-23(21-8-7-18(5)33-21)22(25(30)27(28)31)24(29)20-13-16(3)10-17(4)26(20)32-6/h7-13,23,29H,1-6H3/b24-22+. The fourth-order valence-corrected chi connectivity index (χ4v) is 4.60. The van der Waals surface area contributed by atoms with E-state index < -0.39 is 17.7 Å².